The number of hydrogen-bond acceptors (Lipinski definition) is 4. The van der Waals surface area contributed by atoms with Gasteiger partial charge in [0.15, 0.2) is 7.14 Å². The van der Waals surface area contributed by atoms with Crippen LogP contribution in [-0.2, 0) is 4.57 Å². The minimum atomic E-state index is -3.08. The average Bonchev–Trinajstić information content (AvgIpc) is 3.08. The summed E-state index contributed by atoms with van der Waals surface area (Å²) in [5, 5.41) is 7.61. The van der Waals surface area contributed by atoms with Gasteiger partial charge in [0.25, 0.3) is 0 Å². The zero-order chi connectivity index (χ0) is 28.1. The van der Waals surface area contributed by atoms with Crippen LogP contribution >= 0.6 is 7.14 Å². The van der Waals surface area contributed by atoms with Crippen molar-refractivity contribution >= 4 is 66.5 Å². The summed E-state index contributed by atoms with van der Waals surface area (Å²) in [6, 6.07) is 44.0. The van der Waals surface area contributed by atoms with Crippen LogP contribution < -0.4 is 15.9 Å². The summed E-state index contributed by atoms with van der Waals surface area (Å²) in [4.78, 5) is 14.8. The summed E-state index contributed by atoms with van der Waals surface area (Å²) in [5.74, 6) is 0. The highest BCUT2D eigenvalue weighted by atomic mass is 31.2. The minimum absolute atomic E-state index is 0.787. The predicted octanol–water partition coefficient (Wildman–Crippen LogP) is 7.79. The molecule has 0 atom stereocenters. The number of aromatic nitrogens is 3. The molecule has 3 aromatic heterocycles. The lowest BCUT2D eigenvalue weighted by Gasteiger charge is -2.20. The van der Waals surface area contributed by atoms with Gasteiger partial charge in [-0.05, 0) is 12.1 Å². The molecule has 0 amide bonds. The molecule has 0 bridgehead atoms. The molecule has 8 aromatic rings. The van der Waals surface area contributed by atoms with Crippen molar-refractivity contribution in [3.8, 4) is 11.3 Å². The summed E-state index contributed by atoms with van der Waals surface area (Å²) in [5.41, 5.74) is 4.46. The van der Waals surface area contributed by atoms with Gasteiger partial charge in [-0.15, -0.1) is 0 Å². The Hall–Kier alpha value is -5.18. The molecule has 0 saturated heterocycles. The molecule has 0 aliphatic carbocycles. The van der Waals surface area contributed by atoms with Crippen molar-refractivity contribution in [2.24, 2.45) is 0 Å². The second-order valence-corrected chi connectivity index (χ2v) is 13.2. The van der Waals surface area contributed by atoms with E-state index in [0.717, 1.165) is 70.7 Å². The Morgan fingerprint density at radius 1 is 0.500 bits per heavy atom. The maximum atomic E-state index is 14.9. The lowest BCUT2D eigenvalue weighted by Crippen LogP contribution is -2.24. The van der Waals surface area contributed by atoms with Crippen LogP contribution in [0.4, 0.5) is 0 Å². The predicted molar refractivity (Wildman–Crippen MR) is 175 cm³/mol. The topological polar surface area (TPSA) is 55.7 Å². The maximum Gasteiger partial charge on any atom is 0.171 e. The van der Waals surface area contributed by atoms with Crippen LogP contribution in [0.1, 0.15) is 0 Å². The molecule has 0 unspecified atom stereocenters. The van der Waals surface area contributed by atoms with Crippen LogP contribution in [0.15, 0.2) is 146 Å². The molecule has 0 saturated carbocycles. The van der Waals surface area contributed by atoms with Crippen molar-refractivity contribution in [3.63, 3.8) is 0 Å². The van der Waals surface area contributed by atoms with Crippen molar-refractivity contribution in [2.75, 3.05) is 0 Å². The van der Waals surface area contributed by atoms with E-state index in [1.807, 2.05) is 109 Å². The van der Waals surface area contributed by atoms with E-state index in [1.165, 1.54) is 0 Å². The van der Waals surface area contributed by atoms with Crippen LogP contribution in [-0.4, -0.2) is 15.0 Å². The van der Waals surface area contributed by atoms with Gasteiger partial charge in [0.05, 0.1) is 22.2 Å². The molecule has 0 aliphatic rings. The van der Waals surface area contributed by atoms with Crippen molar-refractivity contribution in [1.82, 2.24) is 15.0 Å². The third-order valence-electron chi connectivity index (χ3n) is 8.02. The van der Waals surface area contributed by atoms with Crippen LogP contribution in [0, 0.1) is 0 Å². The summed E-state index contributed by atoms with van der Waals surface area (Å²) in [7, 11) is -3.08. The van der Waals surface area contributed by atoms with Gasteiger partial charge in [-0.3, -0.25) is 9.97 Å². The molecule has 5 heteroatoms. The molecule has 3 heterocycles. The number of para-hydroxylation sites is 1. The summed E-state index contributed by atoms with van der Waals surface area (Å²) < 4.78 is 14.9. The molecular formula is C37H24N3OP. The van der Waals surface area contributed by atoms with Gasteiger partial charge in [0, 0.05) is 60.8 Å². The van der Waals surface area contributed by atoms with Crippen LogP contribution in [0.2, 0.25) is 0 Å². The van der Waals surface area contributed by atoms with Crippen LogP contribution in [0.5, 0.6) is 0 Å². The Kier molecular flexibility index (Phi) is 5.70. The molecule has 0 N–H and O–H groups in total. The SMILES string of the molecule is O=P(c1ccccc1)(c1ccccc1)c1ccc(-c2nc3ccccc3c3cnc4c(ccc5cccnc54)c23)cc1. The fourth-order valence-corrected chi connectivity index (χ4v) is 8.64. The van der Waals surface area contributed by atoms with Gasteiger partial charge in [-0.1, -0.05) is 121 Å². The van der Waals surface area contributed by atoms with E-state index in [0.29, 0.717) is 0 Å². The fraction of sp³-hybridized carbons (Fsp3) is 0. The molecule has 42 heavy (non-hydrogen) atoms. The van der Waals surface area contributed by atoms with E-state index in [1.54, 1.807) is 0 Å². The highest BCUT2D eigenvalue weighted by molar-refractivity contribution is 7.85. The Bertz CT molecular complexity index is 2280. The maximum absolute atomic E-state index is 14.9. The molecule has 0 fully saturated rings. The first-order valence-corrected chi connectivity index (χ1v) is 15.6. The van der Waals surface area contributed by atoms with Crippen molar-refractivity contribution in [1.29, 1.82) is 0 Å². The lowest BCUT2D eigenvalue weighted by molar-refractivity contribution is 0.592. The van der Waals surface area contributed by atoms with E-state index < -0.39 is 7.14 Å². The summed E-state index contributed by atoms with van der Waals surface area (Å²) in [6.45, 7) is 0. The molecule has 5 aromatic carbocycles. The molecule has 0 aliphatic heterocycles. The summed E-state index contributed by atoms with van der Waals surface area (Å²) in [6.07, 6.45) is 3.76. The number of fused-ring (bicyclic) bond motifs is 7. The van der Waals surface area contributed by atoms with Crippen LogP contribution in [0.3, 0.4) is 0 Å². The normalized spacial score (nSPS) is 11.9. The van der Waals surface area contributed by atoms with Crippen molar-refractivity contribution in [2.45, 2.75) is 0 Å². The summed E-state index contributed by atoms with van der Waals surface area (Å²) >= 11 is 0. The van der Waals surface area contributed by atoms with Gasteiger partial charge in [-0.25, -0.2) is 4.98 Å². The van der Waals surface area contributed by atoms with Crippen molar-refractivity contribution in [3.05, 3.63) is 146 Å². The van der Waals surface area contributed by atoms with Crippen LogP contribution in [0.25, 0.3) is 54.7 Å². The number of rotatable bonds is 4. The highest BCUT2D eigenvalue weighted by Gasteiger charge is 2.29. The van der Waals surface area contributed by atoms with Gasteiger partial charge in [-0.2, -0.15) is 0 Å². The molecule has 4 nitrogen and oxygen atoms in total. The molecular weight excluding hydrogens is 533 g/mol. The fourth-order valence-electron chi connectivity index (χ4n) is 6.00. The number of nitrogens with zero attached hydrogens (tertiary/aromatic N) is 3. The molecule has 0 spiro atoms. The quantitative estimate of drug-likeness (QED) is 0.164. The van der Waals surface area contributed by atoms with E-state index in [4.69, 9.17) is 9.97 Å². The third-order valence-corrected chi connectivity index (χ3v) is 11.1. The monoisotopic (exact) mass is 557 g/mol. The first-order valence-electron chi connectivity index (χ1n) is 13.9. The Morgan fingerprint density at radius 2 is 1.17 bits per heavy atom. The molecule has 198 valence electrons. The number of hydrogen-bond donors (Lipinski definition) is 0. The van der Waals surface area contributed by atoms with Gasteiger partial charge >= 0.3 is 0 Å². The molecule has 0 radical (unpaired) electrons. The third kappa shape index (κ3) is 3.77. The lowest BCUT2D eigenvalue weighted by atomic mass is 9.97. The minimum Gasteiger partial charge on any atom is -0.309 e. The van der Waals surface area contributed by atoms with Gasteiger partial charge < -0.3 is 4.57 Å². The Labute approximate surface area is 242 Å². The van der Waals surface area contributed by atoms with Gasteiger partial charge in [0.2, 0.25) is 0 Å². The Morgan fingerprint density at radius 3 is 1.90 bits per heavy atom. The highest BCUT2D eigenvalue weighted by Crippen LogP contribution is 2.43. The van der Waals surface area contributed by atoms with E-state index >= 15 is 0 Å². The van der Waals surface area contributed by atoms with Gasteiger partial charge in [0.1, 0.15) is 0 Å². The average molecular weight is 558 g/mol. The standard InChI is InChI=1S/C37H24N3OP/c41-42(27-11-3-1-4-12-27,28-13-5-2-6-14-28)29-20-17-26(18-21-29)35-34-31-22-19-25-10-9-23-38-36(25)37(31)39-24-32(34)30-15-7-8-16-33(30)40-35/h1-24H. The zero-order valence-electron chi connectivity index (χ0n) is 22.6. The van der Waals surface area contributed by atoms with E-state index in [2.05, 4.69) is 41.4 Å². The first-order chi connectivity index (χ1) is 20.7. The Balaban J connectivity index is 1.39. The zero-order valence-corrected chi connectivity index (χ0v) is 23.4. The number of benzene rings is 5. The largest absolute Gasteiger partial charge is 0.309 e. The first kappa shape index (κ1) is 24.6. The second kappa shape index (κ2) is 9.73. The molecule has 8 rings (SSSR count). The second-order valence-electron chi connectivity index (χ2n) is 10.4. The van der Waals surface area contributed by atoms with E-state index in [-0.39, 0.29) is 0 Å². The smallest absolute Gasteiger partial charge is 0.171 e. The van der Waals surface area contributed by atoms with E-state index in [9.17, 15) is 4.57 Å². The number of pyridine rings is 3. The van der Waals surface area contributed by atoms with Crippen molar-refractivity contribution < 1.29 is 4.57 Å².